The van der Waals surface area contributed by atoms with Gasteiger partial charge < -0.3 is 9.13 Å². The van der Waals surface area contributed by atoms with Gasteiger partial charge in [-0.05, 0) is 73.5 Å². The van der Waals surface area contributed by atoms with Crippen LogP contribution in [0.4, 0.5) is 0 Å². The second-order valence-corrected chi connectivity index (χ2v) is 12.5. The van der Waals surface area contributed by atoms with Crippen LogP contribution < -0.4 is 0 Å². The third-order valence-electron chi connectivity index (χ3n) is 9.95. The van der Waals surface area contributed by atoms with Gasteiger partial charge in [0.25, 0.3) is 0 Å². The summed E-state index contributed by atoms with van der Waals surface area (Å²) in [6, 6.07) is 42.2. The molecule has 0 saturated carbocycles. The number of fused-ring (bicyclic) bond motifs is 9. The van der Waals surface area contributed by atoms with Crippen LogP contribution in [0.1, 0.15) is 24.0 Å². The van der Waals surface area contributed by atoms with Crippen molar-refractivity contribution in [2.75, 3.05) is 0 Å². The van der Waals surface area contributed by atoms with Gasteiger partial charge in [0, 0.05) is 44.2 Å². The van der Waals surface area contributed by atoms with Crippen LogP contribution in [0.2, 0.25) is 0 Å². The number of rotatable bonds is 3. The number of allylic oxidation sites excluding steroid dienone is 4. The molecule has 1 aliphatic carbocycles. The molecule has 6 heteroatoms. The maximum Gasteiger partial charge on any atom is 0.145 e. The van der Waals surface area contributed by atoms with E-state index in [9.17, 15) is 10.5 Å². The molecule has 0 N–H and O–H groups in total. The van der Waals surface area contributed by atoms with Crippen molar-refractivity contribution in [2.45, 2.75) is 12.8 Å². The molecule has 6 nitrogen and oxygen atoms in total. The molecule has 0 aliphatic heterocycles. The maximum atomic E-state index is 11.0. The van der Waals surface area contributed by atoms with Gasteiger partial charge in [0.1, 0.15) is 17.3 Å². The fourth-order valence-corrected chi connectivity index (χ4v) is 7.92. The summed E-state index contributed by atoms with van der Waals surface area (Å²) in [4.78, 5) is 4.77. The molecule has 10 rings (SSSR count). The van der Waals surface area contributed by atoms with E-state index in [1.54, 1.807) is 6.20 Å². The highest BCUT2D eigenvalue weighted by molar-refractivity contribution is 6.19. The van der Waals surface area contributed by atoms with E-state index in [1.165, 1.54) is 11.1 Å². The minimum atomic E-state index is 0.463. The van der Waals surface area contributed by atoms with Crippen molar-refractivity contribution in [3.63, 3.8) is 0 Å². The van der Waals surface area contributed by atoms with Crippen LogP contribution in [0.25, 0.3) is 82.6 Å². The van der Waals surface area contributed by atoms with E-state index in [4.69, 9.17) is 4.98 Å². The van der Waals surface area contributed by atoms with E-state index in [0.717, 1.165) is 73.0 Å². The highest BCUT2D eigenvalue weighted by Gasteiger charge is 2.24. The lowest BCUT2D eigenvalue weighted by molar-refractivity contribution is 1.02. The zero-order valence-corrected chi connectivity index (χ0v) is 26.3. The predicted molar refractivity (Wildman–Crippen MR) is 198 cm³/mol. The van der Waals surface area contributed by atoms with Crippen LogP contribution in [0, 0.1) is 22.7 Å². The second kappa shape index (κ2) is 10.3. The summed E-state index contributed by atoms with van der Waals surface area (Å²) >= 11 is 0. The topological polar surface area (TPSA) is 75.3 Å². The number of nitrogens with zero attached hydrogens (tertiary/aromatic N) is 6. The molecule has 0 bridgehead atoms. The minimum absolute atomic E-state index is 0.463. The van der Waals surface area contributed by atoms with Gasteiger partial charge in [-0.2, -0.15) is 10.5 Å². The number of pyridine rings is 1. The van der Waals surface area contributed by atoms with Crippen LogP contribution in [0.3, 0.4) is 0 Å². The minimum Gasteiger partial charge on any atom is -0.310 e. The Morgan fingerprint density at radius 3 is 1.73 bits per heavy atom. The lowest BCUT2D eigenvalue weighted by Gasteiger charge is -2.16. The molecule has 1 aliphatic rings. The Balaban J connectivity index is 1.35. The Labute approximate surface area is 280 Å². The van der Waals surface area contributed by atoms with Crippen molar-refractivity contribution in [1.82, 2.24) is 18.7 Å². The molecule has 0 atom stereocenters. The summed E-state index contributed by atoms with van der Waals surface area (Å²) in [5.74, 6) is 0. The highest BCUT2D eigenvalue weighted by Crippen LogP contribution is 2.42. The SMILES string of the molecule is N#Cc1cc(-n2c3ccccc3c3cc4c(cc32)c2ccccc2n4C2=CCCC=C2)c(C#N)c(-n2c3ccccc3c3cccnc32)c1. The summed E-state index contributed by atoms with van der Waals surface area (Å²) in [6.07, 6.45) is 10.6. The smallest absolute Gasteiger partial charge is 0.145 e. The van der Waals surface area contributed by atoms with E-state index in [-0.39, 0.29) is 0 Å². The Morgan fingerprint density at radius 2 is 1.10 bits per heavy atom. The van der Waals surface area contributed by atoms with Crippen LogP contribution in [-0.2, 0) is 0 Å². The van der Waals surface area contributed by atoms with Crippen molar-refractivity contribution in [1.29, 1.82) is 10.5 Å². The lowest BCUT2D eigenvalue weighted by atomic mass is 10.1. The fourth-order valence-electron chi connectivity index (χ4n) is 7.92. The molecule has 0 fully saturated rings. The van der Waals surface area contributed by atoms with Gasteiger partial charge in [0.05, 0.1) is 50.6 Å². The van der Waals surface area contributed by atoms with E-state index >= 15 is 0 Å². The standard InChI is InChI=1S/C43H26N6/c44-25-27-21-39(35(26-45)40(22-27)49-38-19-9-4-13-29(38)32-16-10-20-46-43(32)49)48-37-18-8-6-15-31(37)34-23-41-33(24-42(34)48)30-14-5-7-17-36(30)47(41)28-11-2-1-3-12-28/h2,4-24H,1,3H2. The Hall–Kier alpha value is -6.89. The number of nitriles is 2. The molecular formula is C43H26N6. The number of aromatic nitrogens is 4. The maximum absolute atomic E-state index is 11.0. The Bertz CT molecular complexity index is 2970. The van der Waals surface area contributed by atoms with E-state index < -0.39 is 0 Å². The molecule has 4 aromatic heterocycles. The van der Waals surface area contributed by atoms with Gasteiger partial charge in [-0.1, -0.05) is 66.7 Å². The molecule has 49 heavy (non-hydrogen) atoms. The third kappa shape index (κ3) is 3.77. The molecule has 0 unspecified atom stereocenters. The first-order chi connectivity index (χ1) is 24.2. The van der Waals surface area contributed by atoms with Crippen LogP contribution >= 0.6 is 0 Å². The second-order valence-electron chi connectivity index (χ2n) is 12.5. The normalized spacial score (nSPS) is 13.1. The van der Waals surface area contributed by atoms with Gasteiger partial charge in [0.15, 0.2) is 0 Å². The molecule has 228 valence electrons. The van der Waals surface area contributed by atoms with Crippen molar-refractivity contribution >= 4 is 71.2 Å². The summed E-state index contributed by atoms with van der Waals surface area (Å²) in [6.45, 7) is 0. The molecule has 5 aromatic carbocycles. The third-order valence-corrected chi connectivity index (χ3v) is 9.95. The van der Waals surface area contributed by atoms with Crippen molar-refractivity contribution in [3.05, 3.63) is 145 Å². The van der Waals surface area contributed by atoms with E-state index in [0.29, 0.717) is 22.5 Å². The molecule has 9 aromatic rings. The zero-order valence-electron chi connectivity index (χ0n) is 26.3. The molecule has 0 saturated heterocycles. The molecule has 0 spiro atoms. The summed E-state index contributed by atoms with van der Waals surface area (Å²) in [5, 5.41) is 27.9. The van der Waals surface area contributed by atoms with Gasteiger partial charge in [0.2, 0.25) is 0 Å². The van der Waals surface area contributed by atoms with Crippen molar-refractivity contribution in [2.24, 2.45) is 0 Å². The van der Waals surface area contributed by atoms with Gasteiger partial charge >= 0.3 is 0 Å². The number of benzene rings is 5. The molecule has 4 heterocycles. The van der Waals surface area contributed by atoms with Crippen molar-refractivity contribution < 1.29 is 0 Å². The highest BCUT2D eigenvalue weighted by atomic mass is 15.1. The summed E-state index contributed by atoms with van der Waals surface area (Å²) in [7, 11) is 0. The van der Waals surface area contributed by atoms with Crippen LogP contribution in [0.15, 0.2) is 134 Å². The first-order valence-electron chi connectivity index (χ1n) is 16.4. The monoisotopic (exact) mass is 626 g/mol. The number of hydrogen-bond acceptors (Lipinski definition) is 3. The molecule has 0 amide bonds. The Kier molecular flexibility index (Phi) is 5.73. The first-order valence-corrected chi connectivity index (χ1v) is 16.4. The average molecular weight is 627 g/mol. The van der Waals surface area contributed by atoms with Crippen LogP contribution in [0.5, 0.6) is 0 Å². The summed E-state index contributed by atoms with van der Waals surface area (Å²) in [5.41, 5.74) is 9.30. The van der Waals surface area contributed by atoms with Crippen LogP contribution in [-0.4, -0.2) is 18.7 Å². The predicted octanol–water partition coefficient (Wildman–Crippen LogP) is 10.3. The van der Waals surface area contributed by atoms with E-state index in [2.05, 4.69) is 106 Å². The zero-order chi connectivity index (χ0) is 32.6. The fraction of sp³-hybridized carbons (Fsp3) is 0.0465. The first kappa shape index (κ1) is 27.2. The van der Waals surface area contributed by atoms with Crippen molar-refractivity contribution in [3.8, 4) is 23.5 Å². The Morgan fingerprint density at radius 1 is 0.531 bits per heavy atom. The molecule has 0 radical (unpaired) electrons. The van der Waals surface area contributed by atoms with E-state index in [1.807, 2.05) is 47.0 Å². The average Bonchev–Trinajstić information content (AvgIpc) is 3.79. The van der Waals surface area contributed by atoms with Gasteiger partial charge in [-0.25, -0.2) is 4.98 Å². The largest absolute Gasteiger partial charge is 0.310 e. The number of para-hydroxylation sites is 3. The summed E-state index contributed by atoms with van der Waals surface area (Å²) < 4.78 is 6.56. The quantitative estimate of drug-likeness (QED) is 0.196. The van der Waals surface area contributed by atoms with Gasteiger partial charge in [-0.15, -0.1) is 0 Å². The molecular weight excluding hydrogens is 601 g/mol. The lowest BCUT2D eigenvalue weighted by Crippen LogP contribution is -2.06. The number of hydrogen-bond donors (Lipinski definition) is 0. The van der Waals surface area contributed by atoms with Gasteiger partial charge in [-0.3, -0.25) is 4.57 Å².